The monoisotopic (exact) mass is 216 g/mol. The number of likely N-dealkylation sites (N-methyl/N-ethyl adjacent to an activating group) is 1. The molecule has 1 amide bonds. The number of amides is 1. The van der Waals surface area contributed by atoms with E-state index in [0.717, 1.165) is 0 Å². The molecular weight excluding hydrogens is 207 g/mol. The van der Waals surface area contributed by atoms with E-state index in [1.807, 2.05) is 0 Å². The molecule has 0 fully saturated rings. The molecule has 2 N–H and O–H groups in total. The third-order valence-corrected chi connectivity index (χ3v) is 1.98. The van der Waals surface area contributed by atoms with Gasteiger partial charge in [-0.25, -0.2) is 4.39 Å². The van der Waals surface area contributed by atoms with Crippen LogP contribution in [0, 0.1) is 5.82 Å². The van der Waals surface area contributed by atoms with Gasteiger partial charge in [0.2, 0.25) is 5.91 Å². The standard InChI is InChI=1S/C9H10ClFN2O/c1-12-9(14)5-13-8-4-6(11)2-3-7(8)10/h2-4,13H,5H2,1H3,(H,12,14). The number of nitrogens with one attached hydrogen (secondary N) is 2. The van der Waals surface area contributed by atoms with Crippen LogP contribution in [0.25, 0.3) is 0 Å². The Morgan fingerprint density at radius 2 is 2.29 bits per heavy atom. The fraction of sp³-hybridized carbons (Fsp3) is 0.222. The van der Waals surface area contributed by atoms with Gasteiger partial charge in [-0.05, 0) is 18.2 Å². The summed E-state index contributed by atoms with van der Waals surface area (Å²) >= 11 is 5.76. The molecular formula is C9H10ClFN2O. The minimum atomic E-state index is -0.395. The van der Waals surface area contributed by atoms with Crippen LogP contribution in [0.4, 0.5) is 10.1 Å². The Labute approximate surface area is 86.3 Å². The molecule has 0 spiro atoms. The van der Waals surface area contributed by atoms with E-state index in [-0.39, 0.29) is 12.5 Å². The van der Waals surface area contributed by atoms with Gasteiger partial charge < -0.3 is 10.6 Å². The molecule has 0 aromatic heterocycles. The maximum absolute atomic E-state index is 12.8. The number of hydrogen-bond donors (Lipinski definition) is 2. The highest BCUT2D eigenvalue weighted by Gasteiger charge is 2.03. The van der Waals surface area contributed by atoms with Crippen LogP contribution in [0.3, 0.4) is 0 Å². The lowest BCUT2D eigenvalue weighted by Gasteiger charge is -2.07. The van der Waals surface area contributed by atoms with Crippen molar-refractivity contribution in [2.45, 2.75) is 0 Å². The molecule has 1 aromatic rings. The van der Waals surface area contributed by atoms with Gasteiger partial charge in [-0.3, -0.25) is 4.79 Å². The van der Waals surface area contributed by atoms with E-state index < -0.39 is 5.82 Å². The number of anilines is 1. The van der Waals surface area contributed by atoms with Crippen molar-refractivity contribution in [3.63, 3.8) is 0 Å². The number of carbonyl (C=O) groups excluding carboxylic acids is 1. The molecule has 76 valence electrons. The van der Waals surface area contributed by atoms with Gasteiger partial charge >= 0.3 is 0 Å². The molecule has 0 aliphatic heterocycles. The number of hydrogen-bond acceptors (Lipinski definition) is 2. The topological polar surface area (TPSA) is 41.1 Å². The molecule has 0 radical (unpaired) electrons. The van der Waals surface area contributed by atoms with Crippen LogP contribution in [-0.2, 0) is 4.79 Å². The maximum atomic E-state index is 12.8. The first-order valence-corrected chi connectivity index (χ1v) is 4.41. The molecule has 0 atom stereocenters. The minimum Gasteiger partial charge on any atom is -0.375 e. The van der Waals surface area contributed by atoms with E-state index in [9.17, 15) is 9.18 Å². The SMILES string of the molecule is CNC(=O)CNc1cc(F)ccc1Cl. The average molecular weight is 217 g/mol. The summed E-state index contributed by atoms with van der Waals surface area (Å²) in [5.74, 6) is -0.584. The van der Waals surface area contributed by atoms with Gasteiger partial charge in [0.1, 0.15) is 5.82 Å². The van der Waals surface area contributed by atoms with Crippen molar-refractivity contribution in [1.82, 2.24) is 5.32 Å². The summed E-state index contributed by atoms with van der Waals surface area (Å²) in [4.78, 5) is 10.9. The third-order valence-electron chi connectivity index (χ3n) is 1.65. The highest BCUT2D eigenvalue weighted by molar-refractivity contribution is 6.33. The average Bonchev–Trinajstić information content (AvgIpc) is 2.19. The quantitative estimate of drug-likeness (QED) is 0.807. The Morgan fingerprint density at radius 1 is 1.57 bits per heavy atom. The molecule has 1 aromatic carbocycles. The van der Waals surface area contributed by atoms with Crippen LogP contribution in [0.15, 0.2) is 18.2 Å². The van der Waals surface area contributed by atoms with Crippen molar-refractivity contribution < 1.29 is 9.18 Å². The molecule has 0 unspecified atom stereocenters. The molecule has 14 heavy (non-hydrogen) atoms. The summed E-state index contributed by atoms with van der Waals surface area (Å²) < 4.78 is 12.8. The van der Waals surface area contributed by atoms with Crippen LogP contribution in [-0.4, -0.2) is 19.5 Å². The van der Waals surface area contributed by atoms with Gasteiger partial charge in [0.25, 0.3) is 0 Å². The first kappa shape index (κ1) is 10.8. The van der Waals surface area contributed by atoms with E-state index in [4.69, 9.17) is 11.6 Å². The van der Waals surface area contributed by atoms with Gasteiger partial charge in [0.15, 0.2) is 0 Å². The summed E-state index contributed by atoms with van der Waals surface area (Å²) in [6.07, 6.45) is 0. The Bertz CT molecular complexity index is 344. The fourth-order valence-electron chi connectivity index (χ4n) is 0.897. The van der Waals surface area contributed by atoms with Crippen molar-refractivity contribution in [3.8, 4) is 0 Å². The smallest absolute Gasteiger partial charge is 0.239 e. The predicted octanol–water partition coefficient (Wildman–Crippen LogP) is 1.64. The van der Waals surface area contributed by atoms with Gasteiger partial charge in [-0.1, -0.05) is 11.6 Å². The predicted molar refractivity (Wildman–Crippen MR) is 54.0 cm³/mol. The molecule has 5 heteroatoms. The zero-order chi connectivity index (χ0) is 10.6. The second-order valence-corrected chi connectivity index (χ2v) is 3.06. The van der Waals surface area contributed by atoms with Crippen molar-refractivity contribution in [1.29, 1.82) is 0 Å². The molecule has 3 nitrogen and oxygen atoms in total. The molecule has 0 aliphatic carbocycles. The van der Waals surface area contributed by atoms with Crippen LogP contribution in [0.2, 0.25) is 5.02 Å². The van der Waals surface area contributed by atoms with Gasteiger partial charge in [-0.2, -0.15) is 0 Å². The van der Waals surface area contributed by atoms with Crippen LogP contribution < -0.4 is 10.6 Å². The molecule has 1 rings (SSSR count). The van der Waals surface area contributed by atoms with Crippen molar-refractivity contribution in [3.05, 3.63) is 29.0 Å². The Kier molecular flexibility index (Phi) is 3.71. The van der Waals surface area contributed by atoms with Crippen molar-refractivity contribution in [2.75, 3.05) is 18.9 Å². The maximum Gasteiger partial charge on any atom is 0.239 e. The van der Waals surface area contributed by atoms with Gasteiger partial charge in [0, 0.05) is 7.05 Å². The second-order valence-electron chi connectivity index (χ2n) is 2.65. The highest BCUT2D eigenvalue weighted by Crippen LogP contribution is 2.21. The second kappa shape index (κ2) is 4.81. The molecule has 0 heterocycles. The van der Waals surface area contributed by atoms with Crippen LogP contribution >= 0.6 is 11.6 Å². The molecule has 0 saturated carbocycles. The Balaban J connectivity index is 2.66. The van der Waals surface area contributed by atoms with E-state index >= 15 is 0 Å². The first-order valence-electron chi connectivity index (χ1n) is 4.03. The molecule has 0 saturated heterocycles. The lowest BCUT2D eigenvalue weighted by molar-refractivity contribution is -0.118. The Hall–Kier alpha value is -1.29. The van der Waals surface area contributed by atoms with Crippen molar-refractivity contribution >= 4 is 23.2 Å². The largest absolute Gasteiger partial charge is 0.375 e. The summed E-state index contributed by atoms with van der Waals surface area (Å²) in [6, 6.07) is 3.93. The number of carbonyl (C=O) groups is 1. The zero-order valence-corrected chi connectivity index (χ0v) is 8.36. The number of rotatable bonds is 3. The number of benzene rings is 1. The van der Waals surface area contributed by atoms with Gasteiger partial charge in [0.05, 0.1) is 17.3 Å². The first-order chi connectivity index (χ1) is 6.63. The van der Waals surface area contributed by atoms with Crippen molar-refractivity contribution in [2.24, 2.45) is 0 Å². The zero-order valence-electron chi connectivity index (χ0n) is 7.60. The summed E-state index contributed by atoms with van der Waals surface area (Å²) in [5.41, 5.74) is 0.412. The summed E-state index contributed by atoms with van der Waals surface area (Å²) in [7, 11) is 1.52. The minimum absolute atomic E-state index is 0.0691. The lowest BCUT2D eigenvalue weighted by atomic mass is 10.3. The highest BCUT2D eigenvalue weighted by atomic mass is 35.5. The molecule has 0 aliphatic rings. The summed E-state index contributed by atoms with van der Waals surface area (Å²) in [6.45, 7) is 0.0691. The lowest BCUT2D eigenvalue weighted by Crippen LogP contribution is -2.26. The Morgan fingerprint density at radius 3 is 2.93 bits per heavy atom. The van der Waals surface area contributed by atoms with Crippen LogP contribution in [0.5, 0.6) is 0 Å². The van der Waals surface area contributed by atoms with Gasteiger partial charge in [-0.15, -0.1) is 0 Å². The fourth-order valence-corrected chi connectivity index (χ4v) is 1.08. The normalized spacial score (nSPS) is 9.64. The van der Waals surface area contributed by atoms with E-state index in [1.54, 1.807) is 0 Å². The van der Waals surface area contributed by atoms with E-state index in [1.165, 1.54) is 25.2 Å². The molecule has 0 bridgehead atoms. The van der Waals surface area contributed by atoms with Crippen LogP contribution in [0.1, 0.15) is 0 Å². The third kappa shape index (κ3) is 2.88. The van der Waals surface area contributed by atoms with E-state index in [0.29, 0.717) is 10.7 Å². The summed E-state index contributed by atoms with van der Waals surface area (Å²) in [5, 5.41) is 5.54. The number of halogens is 2. The van der Waals surface area contributed by atoms with E-state index in [2.05, 4.69) is 10.6 Å².